The standard InChI is InChI=1S/C12H24N6O2/c1-9(2)20-12-16-10(13)15-11(17-12)14-5-7-19-8-6-18(3)4/h9H,5-8H2,1-4H3,(H3,13,14,15,16,17). The molecule has 1 aromatic heterocycles. The smallest absolute Gasteiger partial charge is 0.323 e. The lowest BCUT2D eigenvalue weighted by atomic mass is 10.5. The number of nitrogens with zero attached hydrogens (tertiary/aromatic N) is 4. The summed E-state index contributed by atoms with van der Waals surface area (Å²) in [5.41, 5.74) is 5.60. The first-order valence-corrected chi connectivity index (χ1v) is 6.62. The van der Waals surface area contributed by atoms with E-state index in [0.717, 1.165) is 6.54 Å². The van der Waals surface area contributed by atoms with Crippen molar-refractivity contribution < 1.29 is 9.47 Å². The van der Waals surface area contributed by atoms with Crippen molar-refractivity contribution in [2.24, 2.45) is 0 Å². The maximum atomic E-state index is 5.60. The fraction of sp³-hybridized carbons (Fsp3) is 0.750. The number of nitrogen functional groups attached to an aromatic ring is 1. The average Bonchev–Trinajstić information content (AvgIpc) is 2.31. The second-order valence-corrected chi connectivity index (χ2v) is 4.81. The van der Waals surface area contributed by atoms with Crippen molar-refractivity contribution in [1.29, 1.82) is 0 Å². The number of anilines is 2. The zero-order valence-electron chi connectivity index (χ0n) is 12.6. The molecule has 0 saturated carbocycles. The Kier molecular flexibility index (Phi) is 6.96. The Morgan fingerprint density at radius 1 is 1.20 bits per heavy atom. The van der Waals surface area contributed by atoms with Gasteiger partial charge in [-0.2, -0.15) is 15.0 Å². The first-order valence-electron chi connectivity index (χ1n) is 6.62. The zero-order valence-corrected chi connectivity index (χ0v) is 12.6. The molecule has 0 amide bonds. The van der Waals surface area contributed by atoms with Crippen LogP contribution in [0.2, 0.25) is 0 Å². The molecule has 1 rings (SSSR count). The third-order valence-corrected chi connectivity index (χ3v) is 2.19. The summed E-state index contributed by atoms with van der Waals surface area (Å²) in [6.07, 6.45) is -0.0148. The van der Waals surface area contributed by atoms with Gasteiger partial charge < -0.3 is 25.4 Å². The maximum absolute atomic E-state index is 5.60. The van der Waals surface area contributed by atoms with Gasteiger partial charge in [0.2, 0.25) is 11.9 Å². The molecule has 0 aromatic carbocycles. The molecule has 8 heteroatoms. The number of ether oxygens (including phenoxy) is 2. The van der Waals surface area contributed by atoms with Crippen molar-refractivity contribution in [3.8, 4) is 6.01 Å². The second kappa shape index (κ2) is 8.49. The van der Waals surface area contributed by atoms with Crippen LogP contribution in [0.25, 0.3) is 0 Å². The van der Waals surface area contributed by atoms with Crippen LogP contribution in [0.15, 0.2) is 0 Å². The molecular weight excluding hydrogens is 260 g/mol. The number of likely N-dealkylation sites (N-methyl/N-ethyl adjacent to an activating group) is 1. The zero-order chi connectivity index (χ0) is 15.0. The first-order chi connectivity index (χ1) is 9.47. The van der Waals surface area contributed by atoms with E-state index in [2.05, 4.69) is 25.2 Å². The lowest BCUT2D eigenvalue weighted by Gasteiger charge is -2.11. The molecule has 0 aliphatic heterocycles. The summed E-state index contributed by atoms with van der Waals surface area (Å²) >= 11 is 0. The Morgan fingerprint density at radius 2 is 1.95 bits per heavy atom. The molecule has 0 unspecified atom stereocenters. The molecule has 0 saturated heterocycles. The van der Waals surface area contributed by atoms with Gasteiger partial charge in [-0.3, -0.25) is 0 Å². The van der Waals surface area contributed by atoms with E-state index in [9.17, 15) is 0 Å². The van der Waals surface area contributed by atoms with Gasteiger partial charge in [-0.25, -0.2) is 0 Å². The fourth-order valence-corrected chi connectivity index (χ4v) is 1.30. The Hall–Kier alpha value is -1.67. The number of nitrogens with one attached hydrogen (secondary N) is 1. The van der Waals surface area contributed by atoms with Crippen molar-refractivity contribution in [2.75, 3.05) is 51.4 Å². The summed E-state index contributed by atoms with van der Waals surface area (Å²) in [5, 5.41) is 3.03. The molecule has 1 aromatic rings. The highest BCUT2D eigenvalue weighted by Gasteiger charge is 2.06. The van der Waals surface area contributed by atoms with Crippen molar-refractivity contribution in [1.82, 2.24) is 19.9 Å². The normalized spacial score (nSPS) is 11.1. The first kappa shape index (κ1) is 16.4. The summed E-state index contributed by atoms with van der Waals surface area (Å²) < 4.78 is 10.8. The molecule has 20 heavy (non-hydrogen) atoms. The molecular formula is C12H24N6O2. The minimum absolute atomic E-state index is 0.0148. The minimum Gasteiger partial charge on any atom is -0.461 e. The van der Waals surface area contributed by atoms with Gasteiger partial charge in [0.15, 0.2) is 0 Å². The van der Waals surface area contributed by atoms with Crippen molar-refractivity contribution >= 4 is 11.9 Å². The SMILES string of the molecule is CC(C)Oc1nc(N)nc(NCCOCCN(C)C)n1. The molecule has 3 N–H and O–H groups in total. The largest absolute Gasteiger partial charge is 0.461 e. The van der Waals surface area contributed by atoms with E-state index in [1.807, 2.05) is 27.9 Å². The van der Waals surface area contributed by atoms with Gasteiger partial charge in [0.25, 0.3) is 0 Å². The van der Waals surface area contributed by atoms with Crippen LogP contribution in [0.5, 0.6) is 6.01 Å². The molecule has 8 nitrogen and oxygen atoms in total. The molecule has 0 radical (unpaired) electrons. The molecule has 1 heterocycles. The highest BCUT2D eigenvalue weighted by Crippen LogP contribution is 2.10. The molecule has 0 bridgehead atoms. The number of aromatic nitrogens is 3. The summed E-state index contributed by atoms with van der Waals surface area (Å²) in [5.74, 6) is 0.524. The van der Waals surface area contributed by atoms with E-state index in [1.54, 1.807) is 0 Å². The lowest BCUT2D eigenvalue weighted by molar-refractivity contribution is 0.126. The average molecular weight is 284 g/mol. The lowest BCUT2D eigenvalue weighted by Crippen LogP contribution is -2.20. The van der Waals surface area contributed by atoms with Gasteiger partial charge in [-0.1, -0.05) is 0 Å². The predicted molar refractivity (Wildman–Crippen MR) is 77.9 cm³/mol. The number of rotatable bonds is 9. The van der Waals surface area contributed by atoms with Gasteiger partial charge in [-0.05, 0) is 27.9 Å². The van der Waals surface area contributed by atoms with Gasteiger partial charge in [0, 0.05) is 13.1 Å². The topological polar surface area (TPSA) is 98.4 Å². The summed E-state index contributed by atoms with van der Waals surface area (Å²) in [6, 6.07) is 0.225. The van der Waals surface area contributed by atoms with Crippen LogP contribution in [0, 0.1) is 0 Å². The highest BCUT2D eigenvalue weighted by atomic mass is 16.5. The molecule has 0 spiro atoms. The van der Waals surface area contributed by atoms with Crippen LogP contribution in [0.1, 0.15) is 13.8 Å². The maximum Gasteiger partial charge on any atom is 0.323 e. The summed E-state index contributed by atoms with van der Waals surface area (Å²) in [6.45, 7) is 6.54. The molecule has 0 aliphatic carbocycles. The third-order valence-electron chi connectivity index (χ3n) is 2.19. The van der Waals surface area contributed by atoms with E-state index < -0.39 is 0 Å². The Balaban J connectivity index is 2.34. The van der Waals surface area contributed by atoms with Crippen LogP contribution in [-0.2, 0) is 4.74 Å². The van der Waals surface area contributed by atoms with Crippen LogP contribution < -0.4 is 15.8 Å². The van der Waals surface area contributed by atoms with E-state index in [-0.39, 0.29) is 18.1 Å². The number of hydrogen-bond acceptors (Lipinski definition) is 8. The van der Waals surface area contributed by atoms with Crippen LogP contribution in [0.3, 0.4) is 0 Å². The van der Waals surface area contributed by atoms with Crippen LogP contribution >= 0.6 is 0 Å². The van der Waals surface area contributed by atoms with E-state index in [0.29, 0.717) is 25.7 Å². The highest BCUT2D eigenvalue weighted by molar-refractivity contribution is 5.32. The number of hydrogen-bond donors (Lipinski definition) is 2. The minimum atomic E-state index is -0.0148. The Morgan fingerprint density at radius 3 is 2.60 bits per heavy atom. The summed E-state index contributed by atoms with van der Waals surface area (Å²) in [4.78, 5) is 14.1. The summed E-state index contributed by atoms with van der Waals surface area (Å²) in [7, 11) is 4.01. The molecule has 0 aliphatic rings. The Labute approximate surface area is 119 Å². The number of nitrogens with two attached hydrogens (primary N) is 1. The quantitative estimate of drug-likeness (QED) is 0.622. The van der Waals surface area contributed by atoms with Crippen molar-refractivity contribution in [3.63, 3.8) is 0 Å². The van der Waals surface area contributed by atoms with Gasteiger partial charge in [0.1, 0.15) is 0 Å². The van der Waals surface area contributed by atoms with Crippen molar-refractivity contribution in [3.05, 3.63) is 0 Å². The molecule has 0 atom stereocenters. The monoisotopic (exact) mass is 284 g/mol. The van der Waals surface area contributed by atoms with E-state index >= 15 is 0 Å². The fourth-order valence-electron chi connectivity index (χ4n) is 1.30. The molecule has 114 valence electrons. The van der Waals surface area contributed by atoms with Gasteiger partial charge in [0.05, 0.1) is 19.3 Å². The van der Waals surface area contributed by atoms with Gasteiger partial charge >= 0.3 is 6.01 Å². The second-order valence-electron chi connectivity index (χ2n) is 4.81. The molecule has 0 fully saturated rings. The van der Waals surface area contributed by atoms with Crippen molar-refractivity contribution in [2.45, 2.75) is 20.0 Å². The predicted octanol–water partition coefficient (Wildman–Crippen LogP) is 0.231. The van der Waals surface area contributed by atoms with E-state index in [1.165, 1.54) is 0 Å². The van der Waals surface area contributed by atoms with Crippen LogP contribution in [0.4, 0.5) is 11.9 Å². The van der Waals surface area contributed by atoms with E-state index in [4.69, 9.17) is 15.2 Å². The third kappa shape index (κ3) is 7.05. The van der Waals surface area contributed by atoms with Gasteiger partial charge in [-0.15, -0.1) is 0 Å². The Bertz CT molecular complexity index is 400. The van der Waals surface area contributed by atoms with Crippen LogP contribution in [-0.4, -0.2) is 66.4 Å².